The second-order valence-corrected chi connectivity index (χ2v) is 16.3. The molecular weight excluding hydrogens is 601 g/mol. The summed E-state index contributed by atoms with van der Waals surface area (Å²) in [6, 6.07) is 52.8. The van der Waals surface area contributed by atoms with Crippen LogP contribution in [0.5, 0.6) is 0 Å². The van der Waals surface area contributed by atoms with Gasteiger partial charge in [-0.25, -0.2) is 0 Å². The number of allylic oxidation sites excluding steroid dienone is 8. The maximum absolute atomic E-state index is 3.78. The smallest absolute Gasteiger partial charge is 0.0450 e. The normalized spacial score (nSPS) is 21.1. The van der Waals surface area contributed by atoms with Gasteiger partial charge in [0.2, 0.25) is 0 Å². The van der Waals surface area contributed by atoms with Gasteiger partial charge in [-0.3, -0.25) is 0 Å². The highest BCUT2D eigenvalue weighted by Gasteiger charge is 2.60. The molecule has 0 aromatic heterocycles. The van der Waals surface area contributed by atoms with Crippen molar-refractivity contribution >= 4 is 43.8 Å². The Hall–Kier alpha value is -5.66. The maximum atomic E-state index is 3.78. The van der Waals surface area contributed by atoms with E-state index in [2.05, 4.69) is 165 Å². The summed E-state index contributed by atoms with van der Waals surface area (Å²) in [5.41, 5.74) is 9.42. The zero-order valence-electron chi connectivity index (χ0n) is 30.2. The number of benzene rings is 3. The van der Waals surface area contributed by atoms with Crippen LogP contribution in [0.1, 0.15) is 66.5 Å². The summed E-state index contributed by atoms with van der Waals surface area (Å²) in [6.45, 7) is 18.8. The van der Waals surface area contributed by atoms with E-state index in [0.29, 0.717) is 0 Å². The summed E-state index contributed by atoms with van der Waals surface area (Å²) in [4.78, 5) is 0. The minimum atomic E-state index is -0.402. The molecule has 240 valence electrons. The van der Waals surface area contributed by atoms with Crippen molar-refractivity contribution in [3.8, 4) is 0 Å². The summed E-state index contributed by atoms with van der Waals surface area (Å²) in [6.07, 6.45) is 9.86. The standard InChI is InChI=1S/C50H40/c1-47(2,3)37-29-43-39-23-15-16-24-40(39)44-30-38(48(4,5)6)32-46-42-28-26-36-22-14-12-20-34(36)18-10-9-17-33-19-11-13-21-35(33)25-27-41(42)45(31-37)49(43,7)50(44,46)8/h11-16,19-24,29-32H,1-8H3/t49-,50-/m0/s1. The van der Waals surface area contributed by atoms with Gasteiger partial charge in [0.15, 0.2) is 0 Å². The molecule has 4 aliphatic carbocycles. The Morgan fingerprint density at radius 3 is 1.12 bits per heavy atom. The molecule has 0 radical (unpaired) electrons. The molecule has 4 aromatic carbocycles. The van der Waals surface area contributed by atoms with Gasteiger partial charge in [0, 0.05) is 42.8 Å². The monoisotopic (exact) mass is 640 g/mol. The van der Waals surface area contributed by atoms with Gasteiger partial charge in [-0.05, 0) is 91.8 Å². The van der Waals surface area contributed by atoms with E-state index in [1.807, 2.05) is 36.4 Å². The van der Waals surface area contributed by atoms with Crippen molar-refractivity contribution in [3.05, 3.63) is 178 Å². The third-order valence-corrected chi connectivity index (χ3v) is 11.3. The van der Waals surface area contributed by atoms with Crippen molar-refractivity contribution in [3.63, 3.8) is 0 Å². The van der Waals surface area contributed by atoms with Crippen LogP contribution in [0.3, 0.4) is 0 Å². The summed E-state index contributed by atoms with van der Waals surface area (Å²) in [5.74, 6) is 0. The molecule has 0 spiro atoms. The molecule has 0 amide bonds. The number of rotatable bonds is 0. The van der Waals surface area contributed by atoms with Crippen molar-refractivity contribution in [2.24, 2.45) is 21.7 Å². The number of hydrogen-bond acceptors (Lipinski definition) is 0. The van der Waals surface area contributed by atoms with Crippen molar-refractivity contribution in [2.75, 3.05) is 0 Å². The van der Waals surface area contributed by atoms with Crippen molar-refractivity contribution in [2.45, 2.75) is 55.4 Å². The molecule has 0 aliphatic heterocycles. The fourth-order valence-corrected chi connectivity index (χ4v) is 8.20. The van der Waals surface area contributed by atoms with E-state index >= 15 is 0 Å². The van der Waals surface area contributed by atoms with Crippen LogP contribution in [0.4, 0.5) is 0 Å². The Balaban J connectivity index is 1.70. The minimum Gasteiger partial charge on any atom is -0.0616 e. The second-order valence-electron chi connectivity index (χ2n) is 16.3. The van der Waals surface area contributed by atoms with Crippen molar-refractivity contribution in [1.82, 2.24) is 0 Å². The highest BCUT2D eigenvalue weighted by Crippen LogP contribution is 2.71. The van der Waals surface area contributed by atoms with Crippen molar-refractivity contribution in [1.29, 1.82) is 0 Å². The third kappa shape index (κ3) is 4.61. The van der Waals surface area contributed by atoms with Gasteiger partial charge in [-0.15, -0.1) is 0 Å². The lowest BCUT2D eigenvalue weighted by molar-refractivity contribution is 0.354. The molecule has 0 saturated carbocycles. The van der Waals surface area contributed by atoms with Gasteiger partial charge in [0.25, 0.3) is 0 Å². The van der Waals surface area contributed by atoms with Crippen LogP contribution in [0, 0.1) is 70.2 Å². The SMILES string of the molecule is CC(C)(C)C1=CC2=c3c#cc4ccccc4c#cc#cc4ccccc4c#cc3=C3C=C(C(C)(C)C)C=C4c5ccccc5C(=C1)[C@]2(C)[C@@]43C. The molecule has 4 aromatic rings. The first kappa shape index (κ1) is 31.6. The average Bonchev–Trinajstić information content (AvgIpc) is 3.07. The topological polar surface area (TPSA) is 0 Å². The van der Waals surface area contributed by atoms with Crippen molar-refractivity contribution < 1.29 is 0 Å². The first-order valence-corrected chi connectivity index (χ1v) is 17.5. The number of fused-ring (bicyclic) bond motifs is 6. The summed E-state index contributed by atoms with van der Waals surface area (Å²) >= 11 is 0. The predicted octanol–water partition coefficient (Wildman–Crippen LogP) is 10.4. The lowest BCUT2D eigenvalue weighted by Crippen LogP contribution is -2.54. The Labute approximate surface area is 298 Å². The molecule has 50 heavy (non-hydrogen) atoms. The summed E-state index contributed by atoms with van der Waals surface area (Å²) in [5, 5.41) is 5.51. The number of hydrogen-bond donors (Lipinski definition) is 0. The molecule has 0 nitrogen and oxygen atoms in total. The molecule has 0 unspecified atom stereocenters. The fourth-order valence-electron chi connectivity index (χ4n) is 8.20. The molecule has 2 atom stereocenters. The first-order valence-electron chi connectivity index (χ1n) is 17.5. The van der Waals surface area contributed by atoms with Crippen LogP contribution in [0.2, 0.25) is 0 Å². The van der Waals surface area contributed by atoms with Gasteiger partial charge < -0.3 is 0 Å². The first-order chi connectivity index (χ1) is 23.8. The van der Waals surface area contributed by atoms with E-state index < -0.39 is 10.8 Å². The molecule has 0 saturated heterocycles. The predicted molar refractivity (Wildman–Crippen MR) is 207 cm³/mol. The fraction of sp³-hybridized carbons (Fsp3) is 0.240. The highest BCUT2D eigenvalue weighted by atomic mass is 14.6. The van der Waals surface area contributed by atoms with E-state index in [-0.39, 0.29) is 10.8 Å². The zero-order chi connectivity index (χ0) is 35.1. The van der Waals surface area contributed by atoms with Crippen LogP contribution >= 0.6 is 0 Å². The van der Waals surface area contributed by atoms with Gasteiger partial charge in [0.1, 0.15) is 0 Å². The second kappa shape index (κ2) is 10.9. The van der Waals surface area contributed by atoms with Gasteiger partial charge in [0.05, 0.1) is 0 Å². The third-order valence-electron chi connectivity index (χ3n) is 11.3. The van der Waals surface area contributed by atoms with Crippen LogP contribution in [0.25, 0.3) is 43.8 Å². The van der Waals surface area contributed by atoms with Crippen LogP contribution in [-0.2, 0) is 0 Å². The molecule has 4 aliphatic rings. The average molecular weight is 641 g/mol. The van der Waals surface area contributed by atoms with Gasteiger partial charge >= 0.3 is 0 Å². The Morgan fingerprint density at radius 2 is 0.760 bits per heavy atom. The van der Waals surface area contributed by atoms with E-state index in [9.17, 15) is 0 Å². The zero-order valence-corrected chi connectivity index (χ0v) is 30.2. The molecule has 0 heteroatoms. The van der Waals surface area contributed by atoms with E-state index in [0.717, 1.165) is 32.0 Å². The van der Waals surface area contributed by atoms with Crippen LogP contribution in [0.15, 0.2) is 108 Å². The molecule has 0 N–H and O–H groups in total. The summed E-state index contributed by atoms with van der Waals surface area (Å²) < 4.78 is 0. The quantitative estimate of drug-likeness (QED) is 0.179. The van der Waals surface area contributed by atoms with E-state index in [1.54, 1.807) is 0 Å². The van der Waals surface area contributed by atoms with Gasteiger partial charge in [-0.1, -0.05) is 165 Å². The van der Waals surface area contributed by atoms with Crippen LogP contribution < -0.4 is 10.4 Å². The lowest BCUT2D eigenvalue weighted by atomic mass is 9.43. The maximum Gasteiger partial charge on any atom is 0.0450 e. The summed E-state index contributed by atoms with van der Waals surface area (Å²) in [7, 11) is 0. The van der Waals surface area contributed by atoms with E-state index in [4.69, 9.17) is 0 Å². The molecular formula is C50H40. The molecule has 0 heterocycles. The Morgan fingerprint density at radius 1 is 0.420 bits per heavy atom. The molecule has 8 rings (SSSR count). The molecule has 0 bridgehead atoms. The molecule has 0 fully saturated rings. The lowest BCUT2D eigenvalue weighted by Gasteiger charge is -2.59. The largest absolute Gasteiger partial charge is 0.0616 e. The Kier molecular flexibility index (Phi) is 6.90. The van der Waals surface area contributed by atoms with E-state index in [1.165, 1.54) is 44.6 Å². The Bertz CT molecular complexity index is 2340. The minimum absolute atomic E-state index is 0.0790. The van der Waals surface area contributed by atoms with Crippen LogP contribution in [-0.4, -0.2) is 0 Å². The van der Waals surface area contributed by atoms with Gasteiger partial charge in [-0.2, -0.15) is 0 Å². The highest BCUT2D eigenvalue weighted by molar-refractivity contribution is 6.07.